The first-order valence-corrected chi connectivity index (χ1v) is 8.79. The molecule has 0 N–H and O–H groups in total. The molecule has 1 aromatic carbocycles. The Balaban J connectivity index is 1.81. The Kier molecular flexibility index (Phi) is 3.47. The van der Waals surface area contributed by atoms with Crippen LogP contribution in [0.2, 0.25) is 0 Å². The summed E-state index contributed by atoms with van der Waals surface area (Å²) in [5.41, 5.74) is 2.09. The molecule has 0 unspecified atom stereocenters. The molecule has 25 heavy (non-hydrogen) atoms. The van der Waals surface area contributed by atoms with Crippen LogP contribution in [-0.4, -0.2) is 16.7 Å². The number of hydrogen-bond acceptors (Lipinski definition) is 4. The lowest BCUT2D eigenvalue weighted by Gasteiger charge is -2.19. The van der Waals surface area contributed by atoms with Crippen LogP contribution in [0.4, 0.5) is 11.4 Å². The molecule has 1 saturated heterocycles. The van der Waals surface area contributed by atoms with Crippen molar-refractivity contribution in [2.75, 3.05) is 4.90 Å². The van der Waals surface area contributed by atoms with Crippen molar-refractivity contribution in [3.05, 3.63) is 56.1 Å². The molecule has 4 atom stereocenters. The highest BCUT2D eigenvalue weighted by Crippen LogP contribution is 2.57. The van der Waals surface area contributed by atoms with Crippen LogP contribution in [0.3, 0.4) is 0 Å². The normalized spacial score (nSPS) is 29.6. The molecule has 128 valence electrons. The molecule has 3 aliphatic rings. The number of nitro benzene ring substituents is 1. The van der Waals surface area contributed by atoms with Crippen molar-refractivity contribution in [2.24, 2.45) is 23.7 Å². The van der Waals surface area contributed by atoms with E-state index >= 15 is 0 Å². The lowest BCUT2D eigenvalue weighted by Crippen LogP contribution is -2.33. The van der Waals surface area contributed by atoms with Gasteiger partial charge in [-0.15, -0.1) is 0 Å². The first kappa shape index (κ1) is 16.2. The Bertz CT molecular complexity index is 866. The number of imide groups is 1. The van der Waals surface area contributed by atoms with Gasteiger partial charge in [0.15, 0.2) is 0 Å². The molecule has 6 nitrogen and oxygen atoms in total. The van der Waals surface area contributed by atoms with Gasteiger partial charge in [-0.1, -0.05) is 39.2 Å². The van der Waals surface area contributed by atoms with Crippen molar-refractivity contribution in [2.45, 2.75) is 13.8 Å². The van der Waals surface area contributed by atoms with Crippen molar-refractivity contribution >= 4 is 39.1 Å². The molecule has 0 aromatic heterocycles. The molecule has 0 spiro atoms. The fourth-order valence-electron chi connectivity index (χ4n) is 4.50. The topological polar surface area (TPSA) is 80.5 Å². The van der Waals surface area contributed by atoms with E-state index in [0.717, 1.165) is 16.0 Å². The van der Waals surface area contributed by atoms with Gasteiger partial charge in [-0.05, 0) is 26.0 Å². The van der Waals surface area contributed by atoms with E-state index in [4.69, 9.17) is 0 Å². The van der Waals surface area contributed by atoms with Gasteiger partial charge in [0.2, 0.25) is 11.8 Å². The summed E-state index contributed by atoms with van der Waals surface area (Å²) in [5.74, 6) is -1.72. The third-order valence-electron chi connectivity index (χ3n) is 5.37. The number of anilines is 1. The van der Waals surface area contributed by atoms with Gasteiger partial charge in [0.1, 0.15) is 5.69 Å². The number of hydrogen-bond donors (Lipinski definition) is 0. The van der Waals surface area contributed by atoms with Gasteiger partial charge in [0, 0.05) is 22.4 Å². The average molecular weight is 403 g/mol. The maximum Gasteiger partial charge on any atom is 0.294 e. The van der Waals surface area contributed by atoms with Gasteiger partial charge in [-0.25, -0.2) is 4.90 Å². The van der Waals surface area contributed by atoms with Crippen LogP contribution in [-0.2, 0) is 9.59 Å². The van der Waals surface area contributed by atoms with Crippen LogP contribution >= 0.6 is 15.9 Å². The Morgan fingerprint density at radius 3 is 2.16 bits per heavy atom. The lowest BCUT2D eigenvalue weighted by atomic mass is 9.85. The number of nitro groups is 1. The molecule has 7 heteroatoms. The molecule has 0 radical (unpaired) electrons. The van der Waals surface area contributed by atoms with Crippen LogP contribution in [0.5, 0.6) is 0 Å². The number of rotatable bonds is 2. The van der Waals surface area contributed by atoms with Gasteiger partial charge in [-0.2, -0.15) is 0 Å². The quantitative estimate of drug-likeness (QED) is 0.327. The predicted octanol–water partition coefficient (Wildman–Crippen LogP) is 3.62. The molecular weight excluding hydrogens is 388 g/mol. The largest absolute Gasteiger partial charge is 0.294 e. The number of benzene rings is 1. The Hall–Kier alpha value is -2.28. The van der Waals surface area contributed by atoms with Crippen LogP contribution in [0, 0.1) is 33.8 Å². The van der Waals surface area contributed by atoms with Crippen molar-refractivity contribution in [1.82, 2.24) is 0 Å². The smallest absolute Gasteiger partial charge is 0.274 e. The maximum atomic E-state index is 13.0. The highest BCUT2D eigenvalue weighted by Gasteiger charge is 2.62. The predicted molar refractivity (Wildman–Crippen MR) is 94.8 cm³/mol. The minimum atomic E-state index is -0.566. The summed E-state index contributed by atoms with van der Waals surface area (Å²) >= 11 is 3.20. The molecule has 1 heterocycles. The van der Waals surface area contributed by atoms with Crippen molar-refractivity contribution < 1.29 is 14.5 Å². The van der Waals surface area contributed by atoms with E-state index in [-0.39, 0.29) is 35.0 Å². The zero-order valence-corrected chi connectivity index (χ0v) is 15.2. The summed E-state index contributed by atoms with van der Waals surface area (Å²) in [5, 5.41) is 11.4. The lowest BCUT2D eigenvalue weighted by molar-refractivity contribution is -0.384. The maximum absolute atomic E-state index is 13.0. The summed E-state index contributed by atoms with van der Waals surface area (Å²) in [6.45, 7) is 3.99. The second-order valence-corrected chi connectivity index (χ2v) is 7.76. The molecule has 2 bridgehead atoms. The van der Waals surface area contributed by atoms with E-state index in [9.17, 15) is 19.7 Å². The molecule has 1 aliphatic heterocycles. The van der Waals surface area contributed by atoms with E-state index in [1.165, 1.54) is 12.1 Å². The monoisotopic (exact) mass is 402 g/mol. The number of nitrogens with zero attached hydrogens (tertiary/aromatic N) is 2. The fourth-order valence-corrected chi connectivity index (χ4v) is 4.85. The molecular formula is C18H15BrN2O4. The van der Waals surface area contributed by atoms with Crippen molar-refractivity contribution in [1.29, 1.82) is 0 Å². The standard InChI is InChI=1S/C18H15BrN2O4/c1-8(2)14-10-4-5-11(14)16-15(10)17(22)20(18(16)23)12-6-3-9(19)7-13(12)21(24)25/h3-7,10-11,15-16H,1-2H3/t10-,11+,15-,16-/m1/s1. The van der Waals surface area contributed by atoms with E-state index in [1.54, 1.807) is 6.07 Å². The third-order valence-corrected chi connectivity index (χ3v) is 5.86. The Labute approximate surface area is 152 Å². The Morgan fingerprint density at radius 2 is 1.68 bits per heavy atom. The van der Waals surface area contributed by atoms with Gasteiger partial charge in [0.25, 0.3) is 5.69 Å². The van der Waals surface area contributed by atoms with Gasteiger partial charge in [-0.3, -0.25) is 19.7 Å². The second-order valence-electron chi connectivity index (χ2n) is 6.85. The van der Waals surface area contributed by atoms with Crippen LogP contribution in [0.1, 0.15) is 13.8 Å². The minimum absolute atomic E-state index is 0.0516. The highest BCUT2D eigenvalue weighted by molar-refractivity contribution is 9.10. The molecule has 1 saturated carbocycles. The van der Waals surface area contributed by atoms with Crippen LogP contribution in [0.25, 0.3) is 0 Å². The SMILES string of the molecule is CC(C)=C1[C@H]2C=C[C@@H]1[C@H]1C(=O)N(c3ccc(Br)cc3[N+](=O)[O-])C(=O)[C@@H]12. The summed E-state index contributed by atoms with van der Waals surface area (Å²) in [4.78, 5) is 37.9. The number of amides is 2. The molecule has 2 amide bonds. The summed E-state index contributed by atoms with van der Waals surface area (Å²) in [7, 11) is 0. The number of carbonyl (C=O) groups excluding carboxylic acids is 2. The molecule has 2 aliphatic carbocycles. The van der Waals surface area contributed by atoms with E-state index in [0.29, 0.717) is 4.47 Å². The summed E-state index contributed by atoms with van der Waals surface area (Å²) < 4.78 is 0.524. The number of carbonyl (C=O) groups is 2. The highest BCUT2D eigenvalue weighted by atomic mass is 79.9. The minimum Gasteiger partial charge on any atom is -0.274 e. The van der Waals surface area contributed by atoms with Crippen molar-refractivity contribution in [3.8, 4) is 0 Å². The van der Waals surface area contributed by atoms with Gasteiger partial charge < -0.3 is 0 Å². The first-order chi connectivity index (χ1) is 11.8. The fraction of sp³-hybridized carbons (Fsp3) is 0.333. The Morgan fingerprint density at radius 1 is 1.12 bits per heavy atom. The van der Waals surface area contributed by atoms with E-state index in [1.807, 2.05) is 26.0 Å². The first-order valence-electron chi connectivity index (χ1n) is 8.00. The van der Waals surface area contributed by atoms with Crippen LogP contribution < -0.4 is 4.90 Å². The van der Waals surface area contributed by atoms with Crippen LogP contribution in [0.15, 0.2) is 46.0 Å². The zero-order valence-electron chi connectivity index (χ0n) is 13.6. The summed E-state index contributed by atoms with van der Waals surface area (Å²) in [6, 6.07) is 4.37. The van der Waals surface area contributed by atoms with Gasteiger partial charge in [0.05, 0.1) is 16.8 Å². The molecule has 2 fully saturated rings. The second kappa shape index (κ2) is 5.36. The van der Waals surface area contributed by atoms with Crippen molar-refractivity contribution in [3.63, 3.8) is 0 Å². The van der Waals surface area contributed by atoms with E-state index < -0.39 is 16.8 Å². The van der Waals surface area contributed by atoms with Gasteiger partial charge >= 0.3 is 0 Å². The molecule has 4 rings (SSSR count). The zero-order chi connectivity index (χ0) is 18.0. The number of fused-ring (bicyclic) bond motifs is 5. The molecule has 1 aromatic rings. The average Bonchev–Trinajstić information content (AvgIpc) is 3.18. The third kappa shape index (κ3) is 2.08. The summed E-state index contributed by atoms with van der Waals surface area (Å²) in [6.07, 6.45) is 4.00. The number of allylic oxidation sites excluding steroid dienone is 4. The van der Waals surface area contributed by atoms with E-state index in [2.05, 4.69) is 15.9 Å². The number of halogens is 1.